The average Bonchev–Trinajstić information content (AvgIpc) is 3.26. The molecule has 2 aliphatic heterocycles. The van der Waals surface area contributed by atoms with Crippen molar-refractivity contribution in [3.63, 3.8) is 0 Å². The molecule has 0 bridgehead atoms. The fourth-order valence-electron chi connectivity index (χ4n) is 3.63. The predicted octanol–water partition coefficient (Wildman–Crippen LogP) is 3.26. The summed E-state index contributed by atoms with van der Waals surface area (Å²) in [5.41, 5.74) is 0.602. The summed E-state index contributed by atoms with van der Waals surface area (Å²) in [7, 11) is 0. The molecule has 148 valence electrons. The first-order valence-corrected chi connectivity index (χ1v) is 10.1. The molecule has 1 unspecified atom stereocenters. The number of hydrogen-bond acceptors (Lipinski definition) is 5. The lowest BCUT2D eigenvalue weighted by atomic mass is 10.1. The SMILES string of the molecule is O=C(c1ccccc1OCC1CCCO1)N1CCN(c2ncccc2Cl)CC1. The second-order valence-electron chi connectivity index (χ2n) is 7.03. The van der Waals surface area contributed by atoms with Crippen LogP contribution in [0.5, 0.6) is 5.75 Å². The Hall–Kier alpha value is -2.31. The van der Waals surface area contributed by atoms with E-state index >= 15 is 0 Å². The standard InChI is InChI=1S/C21H24ClN3O3/c22-18-7-3-9-23-20(18)24-10-12-25(13-11-24)21(26)17-6-1-2-8-19(17)28-15-16-5-4-14-27-16/h1-3,6-9,16H,4-5,10-15H2. The topological polar surface area (TPSA) is 54.9 Å². The minimum absolute atomic E-state index is 0.00490. The van der Waals surface area contributed by atoms with E-state index in [0.29, 0.717) is 49.1 Å². The van der Waals surface area contributed by atoms with Gasteiger partial charge in [-0.1, -0.05) is 23.7 Å². The molecule has 6 nitrogen and oxygen atoms in total. The third-order valence-corrected chi connectivity index (χ3v) is 5.47. The van der Waals surface area contributed by atoms with Crippen molar-refractivity contribution in [3.8, 4) is 5.75 Å². The van der Waals surface area contributed by atoms with E-state index in [-0.39, 0.29) is 12.0 Å². The van der Waals surface area contributed by atoms with Gasteiger partial charge in [-0.15, -0.1) is 0 Å². The van der Waals surface area contributed by atoms with Crippen LogP contribution in [0.25, 0.3) is 0 Å². The number of amides is 1. The van der Waals surface area contributed by atoms with Gasteiger partial charge in [-0.2, -0.15) is 0 Å². The molecule has 7 heteroatoms. The Morgan fingerprint density at radius 1 is 1.18 bits per heavy atom. The van der Waals surface area contributed by atoms with E-state index in [1.54, 1.807) is 6.20 Å². The Kier molecular flexibility index (Phi) is 5.98. The molecule has 2 saturated heterocycles. The lowest BCUT2D eigenvalue weighted by Crippen LogP contribution is -2.49. The van der Waals surface area contributed by atoms with E-state index in [1.165, 1.54) is 0 Å². The van der Waals surface area contributed by atoms with Gasteiger partial charge in [-0.05, 0) is 37.1 Å². The summed E-state index contributed by atoms with van der Waals surface area (Å²) in [5.74, 6) is 1.39. The molecule has 0 radical (unpaired) electrons. The molecule has 1 atom stereocenters. The van der Waals surface area contributed by atoms with Crippen molar-refractivity contribution < 1.29 is 14.3 Å². The number of pyridine rings is 1. The Morgan fingerprint density at radius 2 is 2.00 bits per heavy atom. The van der Waals surface area contributed by atoms with Crippen LogP contribution in [0.2, 0.25) is 5.02 Å². The molecular weight excluding hydrogens is 378 g/mol. The van der Waals surface area contributed by atoms with Gasteiger partial charge in [0, 0.05) is 39.0 Å². The van der Waals surface area contributed by atoms with Crippen molar-refractivity contribution in [1.82, 2.24) is 9.88 Å². The van der Waals surface area contributed by atoms with Crippen LogP contribution in [0, 0.1) is 0 Å². The zero-order chi connectivity index (χ0) is 19.3. The zero-order valence-electron chi connectivity index (χ0n) is 15.7. The maximum Gasteiger partial charge on any atom is 0.257 e. The van der Waals surface area contributed by atoms with Gasteiger partial charge in [0.05, 0.1) is 16.7 Å². The number of benzene rings is 1. The Balaban J connectivity index is 1.39. The van der Waals surface area contributed by atoms with Gasteiger partial charge in [0.15, 0.2) is 0 Å². The third-order valence-electron chi connectivity index (χ3n) is 5.17. The first kappa shape index (κ1) is 19.0. The number of carbonyl (C=O) groups excluding carboxylic acids is 1. The molecule has 2 aromatic rings. The maximum absolute atomic E-state index is 13.1. The number of nitrogens with zero attached hydrogens (tertiary/aromatic N) is 3. The molecule has 1 amide bonds. The van der Waals surface area contributed by atoms with Crippen LogP contribution in [0.1, 0.15) is 23.2 Å². The quantitative estimate of drug-likeness (QED) is 0.769. The highest BCUT2D eigenvalue weighted by atomic mass is 35.5. The van der Waals surface area contributed by atoms with E-state index in [1.807, 2.05) is 41.3 Å². The number of anilines is 1. The fourth-order valence-corrected chi connectivity index (χ4v) is 3.87. The van der Waals surface area contributed by atoms with Gasteiger partial charge in [0.2, 0.25) is 0 Å². The second kappa shape index (κ2) is 8.80. The normalized spacial score (nSPS) is 19.7. The summed E-state index contributed by atoms with van der Waals surface area (Å²) < 4.78 is 11.5. The summed E-state index contributed by atoms with van der Waals surface area (Å²) >= 11 is 6.25. The molecule has 2 fully saturated rings. The van der Waals surface area contributed by atoms with Gasteiger partial charge < -0.3 is 19.3 Å². The van der Waals surface area contributed by atoms with Gasteiger partial charge >= 0.3 is 0 Å². The smallest absolute Gasteiger partial charge is 0.257 e. The number of para-hydroxylation sites is 1. The number of carbonyl (C=O) groups is 1. The van der Waals surface area contributed by atoms with E-state index in [9.17, 15) is 4.79 Å². The molecule has 0 spiro atoms. The summed E-state index contributed by atoms with van der Waals surface area (Å²) in [6.45, 7) is 3.90. The summed E-state index contributed by atoms with van der Waals surface area (Å²) in [6.07, 6.45) is 3.93. The highest BCUT2D eigenvalue weighted by molar-refractivity contribution is 6.32. The molecule has 4 rings (SSSR count). The van der Waals surface area contributed by atoms with Crippen molar-refractivity contribution in [2.45, 2.75) is 18.9 Å². The number of piperazine rings is 1. The van der Waals surface area contributed by atoms with E-state index in [2.05, 4.69) is 9.88 Å². The van der Waals surface area contributed by atoms with E-state index < -0.39 is 0 Å². The van der Waals surface area contributed by atoms with Crippen molar-refractivity contribution in [1.29, 1.82) is 0 Å². The van der Waals surface area contributed by atoms with Gasteiger partial charge in [0.1, 0.15) is 18.2 Å². The molecule has 0 aliphatic carbocycles. The fraction of sp³-hybridized carbons (Fsp3) is 0.429. The minimum atomic E-state index is -0.00490. The molecule has 1 aromatic carbocycles. The van der Waals surface area contributed by atoms with Crippen LogP contribution in [0.15, 0.2) is 42.6 Å². The van der Waals surface area contributed by atoms with Crippen molar-refractivity contribution in [2.24, 2.45) is 0 Å². The van der Waals surface area contributed by atoms with Crippen molar-refractivity contribution >= 4 is 23.3 Å². The monoisotopic (exact) mass is 401 g/mol. The van der Waals surface area contributed by atoms with Crippen LogP contribution in [0.3, 0.4) is 0 Å². The Bertz CT molecular complexity index is 818. The Morgan fingerprint density at radius 3 is 2.75 bits per heavy atom. The highest BCUT2D eigenvalue weighted by Crippen LogP contribution is 2.25. The largest absolute Gasteiger partial charge is 0.490 e. The molecule has 28 heavy (non-hydrogen) atoms. The number of ether oxygens (including phenoxy) is 2. The first-order valence-electron chi connectivity index (χ1n) is 9.70. The van der Waals surface area contributed by atoms with Crippen LogP contribution in [-0.4, -0.2) is 61.3 Å². The lowest BCUT2D eigenvalue weighted by molar-refractivity contribution is 0.0648. The predicted molar refractivity (Wildman–Crippen MR) is 108 cm³/mol. The molecule has 0 saturated carbocycles. The first-order chi connectivity index (χ1) is 13.7. The number of rotatable bonds is 5. The Labute approximate surface area is 170 Å². The summed E-state index contributed by atoms with van der Waals surface area (Å²) in [6, 6.07) is 11.1. The van der Waals surface area contributed by atoms with Crippen molar-refractivity contribution in [3.05, 3.63) is 53.2 Å². The van der Waals surface area contributed by atoms with E-state index in [4.69, 9.17) is 21.1 Å². The molecule has 3 heterocycles. The van der Waals surface area contributed by atoms with Crippen LogP contribution in [0.4, 0.5) is 5.82 Å². The summed E-state index contributed by atoms with van der Waals surface area (Å²) in [4.78, 5) is 21.4. The van der Waals surface area contributed by atoms with Gasteiger partial charge in [0.25, 0.3) is 5.91 Å². The van der Waals surface area contributed by atoms with Crippen LogP contribution < -0.4 is 9.64 Å². The maximum atomic E-state index is 13.1. The van der Waals surface area contributed by atoms with Gasteiger partial charge in [-0.25, -0.2) is 4.98 Å². The zero-order valence-corrected chi connectivity index (χ0v) is 16.5. The molecule has 0 N–H and O–H groups in total. The second-order valence-corrected chi connectivity index (χ2v) is 7.44. The molecule has 1 aromatic heterocycles. The lowest BCUT2D eigenvalue weighted by Gasteiger charge is -2.36. The number of aromatic nitrogens is 1. The minimum Gasteiger partial charge on any atom is -0.490 e. The average molecular weight is 402 g/mol. The van der Waals surface area contributed by atoms with Crippen LogP contribution in [-0.2, 0) is 4.74 Å². The van der Waals surface area contributed by atoms with E-state index in [0.717, 1.165) is 25.3 Å². The van der Waals surface area contributed by atoms with Gasteiger partial charge in [-0.3, -0.25) is 4.79 Å². The highest BCUT2D eigenvalue weighted by Gasteiger charge is 2.26. The molecule has 2 aliphatic rings. The third kappa shape index (κ3) is 4.23. The number of hydrogen-bond donors (Lipinski definition) is 0. The summed E-state index contributed by atoms with van der Waals surface area (Å²) in [5, 5.41) is 0.634. The van der Waals surface area contributed by atoms with Crippen molar-refractivity contribution in [2.75, 3.05) is 44.3 Å². The number of halogens is 1. The molecular formula is C21H24ClN3O3. The van der Waals surface area contributed by atoms with Crippen LogP contribution >= 0.6 is 11.6 Å².